The van der Waals surface area contributed by atoms with Crippen LogP contribution in [0, 0.1) is 5.92 Å². The monoisotopic (exact) mass is 271 g/mol. The molecule has 92 valence electrons. The summed E-state index contributed by atoms with van der Waals surface area (Å²) in [7, 11) is -4.14. The van der Waals surface area contributed by atoms with E-state index in [0.29, 0.717) is 6.54 Å². The molecule has 1 heterocycles. The van der Waals surface area contributed by atoms with Gasteiger partial charge in [-0.3, -0.25) is 0 Å². The fourth-order valence-corrected chi connectivity index (χ4v) is 3.56. The maximum atomic E-state index is 10.7. The Bertz CT molecular complexity index is 618. The molecule has 0 aliphatic heterocycles. The molecule has 1 aromatic carbocycles. The quantitative estimate of drug-likeness (QED) is 0.623. The average molecular weight is 271 g/mol. The molecule has 0 aliphatic carbocycles. The molecule has 0 N–H and O–H groups in total. The van der Waals surface area contributed by atoms with Crippen molar-refractivity contribution in [3.63, 3.8) is 0 Å². The standard InChI is InChI=1S/C11H13NO3S2/c1-9(7-17(13,14)15)6-12-8-16-11-5-3-2-4-10(11)12/h2-5,8-9H,6-7H2,1H3. The van der Waals surface area contributed by atoms with Crippen molar-refractivity contribution in [1.82, 2.24) is 0 Å². The second-order valence-corrected chi connectivity index (χ2v) is 6.51. The molecular formula is C11H13NO3S2. The molecule has 0 saturated heterocycles. The van der Waals surface area contributed by atoms with Crippen molar-refractivity contribution in [2.75, 3.05) is 5.75 Å². The fraction of sp³-hybridized carbons (Fsp3) is 0.364. The van der Waals surface area contributed by atoms with E-state index in [2.05, 4.69) is 0 Å². The summed E-state index contributed by atoms with van der Waals surface area (Å²) in [6, 6.07) is 7.92. The van der Waals surface area contributed by atoms with Crippen LogP contribution in [-0.2, 0) is 16.7 Å². The highest BCUT2D eigenvalue weighted by Crippen LogP contribution is 2.15. The molecule has 1 unspecified atom stereocenters. The minimum atomic E-state index is -4.14. The van der Waals surface area contributed by atoms with Crippen LogP contribution in [-0.4, -0.2) is 18.7 Å². The minimum Gasteiger partial charge on any atom is -0.748 e. The van der Waals surface area contributed by atoms with Gasteiger partial charge >= 0.3 is 0 Å². The number of nitrogens with zero attached hydrogens (tertiary/aromatic N) is 1. The minimum absolute atomic E-state index is 0.180. The second kappa shape index (κ2) is 4.72. The molecule has 2 rings (SSSR count). The van der Waals surface area contributed by atoms with E-state index in [-0.39, 0.29) is 11.7 Å². The fourth-order valence-electron chi connectivity index (χ4n) is 1.85. The Labute approximate surface area is 104 Å². The molecule has 0 amide bonds. The lowest BCUT2D eigenvalue weighted by Gasteiger charge is -2.10. The highest BCUT2D eigenvalue weighted by molar-refractivity contribution is 7.85. The van der Waals surface area contributed by atoms with Gasteiger partial charge in [0.15, 0.2) is 6.54 Å². The number of rotatable bonds is 4. The molecule has 0 aliphatic rings. The summed E-state index contributed by atoms with van der Waals surface area (Å²) in [5, 5.41) is 0. The first-order valence-corrected chi connectivity index (χ1v) is 7.70. The van der Waals surface area contributed by atoms with Gasteiger partial charge < -0.3 is 4.55 Å². The molecule has 2 aromatic rings. The summed E-state index contributed by atoms with van der Waals surface area (Å²) in [4.78, 5) is 0. The number of hydrogen-bond donors (Lipinski definition) is 0. The number of para-hydroxylation sites is 1. The molecule has 4 nitrogen and oxygen atoms in total. The summed E-state index contributed by atoms with van der Waals surface area (Å²) in [6.45, 7) is 2.32. The Morgan fingerprint density at radius 1 is 1.41 bits per heavy atom. The zero-order valence-corrected chi connectivity index (χ0v) is 11.0. The van der Waals surface area contributed by atoms with Gasteiger partial charge in [0.1, 0.15) is 4.70 Å². The van der Waals surface area contributed by atoms with Gasteiger partial charge in [-0.15, -0.1) is 0 Å². The largest absolute Gasteiger partial charge is 0.748 e. The number of aromatic nitrogens is 1. The van der Waals surface area contributed by atoms with E-state index < -0.39 is 10.1 Å². The molecular weight excluding hydrogens is 258 g/mol. The van der Waals surface area contributed by atoms with E-state index in [1.165, 1.54) is 0 Å². The van der Waals surface area contributed by atoms with Gasteiger partial charge in [0.25, 0.3) is 0 Å². The maximum Gasteiger partial charge on any atom is 0.225 e. The van der Waals surface area contributed by atoms with Crippen molar-refractivity contribution in [1.29, 1.82) is 0 Å². The van der Waals surface area contributed by atoms with Gasteiger partial charge in [0.2, 0.25) is 11.0 Å². The molecule has 0 radical (unpaired) electrons. The third-order valence-corrected chi connectivity index (χ3v) is 4.41. The zero-order chi connectivity index (χ0) is 12.5. The predicted molar refractivity (Wildman–Crippen MR) is 65.7 cm³/mol. The van der Waals surface area contributed by atoms with Gasteiger partial charge in [-0.2, -0.15) is 4.57 Å². The Hall–Kier alpha value is -0.980. The van der Waals surface area contributed by atoms with Crippen molar-refractivity contribution < 1.29 is 17.5 Å². The van der Waals surface area contributed by atoms with Crippen LogP contribution in [0.2, 0.25) is 0 Å². The number of thiazole rings is 1. The Morgan fingerprint density at radius 2 is 2.12 bits per heavy atom. The van der Waals surface area contributed by atoms with Gasteiger partial charge in [-0.25, -0.2) is 8.42 Å². The van der Waals surface area contributed by atoms with E-state index in [1.54, 1.807) is 18.3 Å². The molecule has 0 spiro atoms. The lowest BCUT2D eigenvalue weighted by Crippen LogP contribution is -2.37. The van der Waals surface area contributed by atoms with Crippen LogP contribution in [0.1, 0.15) is 6.92 Å². The Kier molecular flexibility index (Phi) is 3.46. The second-order valence-electron chi connectivity index (χ2n) is 4.17. The van der Waals surface area contributed by atoms with Crippen molar-refractivity contribution >= 4 is 31.7 Å². The average Bonchev–Trinajstić information content (AvgIpc) is 2.59. The Balaban J connectivity index is 2.19. The van der Waals surface area contributed by atoms with Crippen LogP contribution in [0.25, 0.3) is 10.2 Å². The topological polar surface area (TPSA) is 61.1 Å². The molecule has 6 heteroatoms. The van der Waals surface area contributed by atoms with Crippen molar-refractivity contribution in [3.8, 4) is 0 Å². The number of hydrogen-bond acceptors (Lipinski definition) is 4. The number of fused-ring (bicyclic) bond motifs is 1. The third-order valence-electron chi connectivity index (χ3n) is 2.48. The molecule has 1 atom stereocenters. The summed E-state index contributed by atoms with van der Waals surface area (Å²) < 4.78 is 35.2. The van der Waals surface area contributed by atoms with Crippen LogP contribution in [0.5, 0.6) is 0 Å². The predicted octanol–water partition coefficient (Wildman–Crippen LogP) is 1.37. The van der Waals surface area contributed by atoms with Crippen LogP contribution in [0.3, 0.4) is 0 Å². The molecule has 17 heavy (non-hydrogen) atoms. The lowest BCUT2D eigenvalue weighted by molar-refractivity contribution is -0.672. The van der Waals surface area contributed by atoms with Gasteiger partial charge in [0.05, 0.1) is 10.1 Å². The summed E-state index contributed by atoms with van der Waals surface area (Å²) in [5.74, 6) is -0.495. The summed E-state index contributed by atoms with van der Waals surface area (Å²) in [6.07, 6.45) is 0. The Morgan fingerprint density at radius 3 is 2.82 bits per heavy atom. The summed E-state index contributed by atoms with van der Waals surface area (Å²) in [5.41, 5.74) is 3.03. The van der Waals surface area contributed by atoms with E-state index in [9.17, 15) is 13.0 Å². The molecule has 1 aromatic heterocycles. The first-order valence-electron chi connectivity index (χ1n) is 5.25. The van der Waals surface area contributed by atoms with Crippen LogP contribution in [0.15, 0.2) is 29.8 Å². The van der Waals surface area contributed by atoms with Crippen LogP contribution >= 0.6 is 11.3 Å². The van der Waals surface area contributed by atoms with Crippen LogP contribution < -0.4 is 4.57 Å². The maximum absolute atomic E-state index is 10.7. The SMILES string of the molecule is CC(C[n+]1csc2ccccc21)CS(=O)(=O)[O-]. The van der Waals surface area contributed by atoms with Gasteiger partial charge in [-0.1, -0.05) is 30.4 Å². The van der Waals surface area contributed by atoms with Crippen molar-refractivity contribution in [3.05, 3.63) is 29.8 Å². The van der Waals surface area contributed by atoms with E-state index in [4.69, 9.17) is 0 Å². The van der Waals surface area contributed by atoms with Crippen molar-refractivity contribution in [2.45, 2.75) is 13.5 Å². The molecule has 0 fully saturated rings. The van der Waals surface area contributed by atoms with E-state index >= 15 is 0 Å². The summed E-state index contributed by atoms with van der Waals surface area (Å²) >= 11 is 1.61. The van der Waals surface area contributed by atoms with Crippen molar-refractivity contribution in [2.24, 2.45) is 5.92 Å². The van der Waals surface area contributed by atoms with E-state index in [1.807, 2.05) is 34.3 Å². The molecule has 0 saturated carbocycles. The van der Waals surface area contributed by atoms with Gasteiger partial charge in [0, 0.05) is 17.7 Å². The lowest BCUT2D eigenvalue weighted by atomic mass is 10.2. The smallest absolute Gasteiger partial charge is 0.225 e. The normalized spacial score (nSPS) is 14.0. The first kappa shape index (κ1) is 12.5. The zero-order valence-electron chi connectivity index (χ0n) is 9.37. The highest BCUT2D eigenvalue weighted by atomic mass is 32.2. The van der Waals surface area contributed by atoms with Gasteiger partial charge in [-0.05, 0) is 6.07 Å². The third kappa shape index (κ3) is 3.24. The number of benzene rings is 1. The van der Waals surface area contributed by atoms with Crippen LogP contribution in [0.4, 0.5) is 0 Å². The highest BCUT2D eigenvalue weighted by Gasteiger charge is 2.16. The molecule has 0 bridgehead atoms. The van der Waals surface area contributed by atoms with E-state index in [0.717, 1.165) is 10.2 Å². The first-order chi connectivity index (χ1) is 7.96.